The molecule has 0 amide bonds. The summed E-state index contributed by atoms with van der Waals surface area (Å²) in [6.45, 7) is 6.11. The number of hydrogen-bond donors (Lipinski definition) is 0. The predicted octanol–water partition coefficient (Wildman–Crippen LogP) is 5.30. The maximum Gasteiger partial charge on any atom is 0.123 e. The second-order valence-corrected chi connectivity index (χ2v) is 6.53. The van der Waals surface area contributed by atoms with Crippen molar-refractivity contribution < 1.29 is 4.39 Å². The van der Waals surface area contributed by atoms with Crippen molar-refractivity contribution in [1.82, 2.24) is 0 Å². The van der Waals surface area contributed by atoms with Crippen LogP contribution in [0.3, 0.4) is 0 Å². The lowest BCUT2D eigenvalue weighted by atomic mass is 10.1. The Labute approximate surface area is 114 Å². The molecule has 0 fully saturated rings. The summed E-state index contributed by atoms with van der Waals surface area (Å²) >= 11 is 5.43. The number of halogens is 2. The Morgan fingerprint density at radius 2 is 1.82 bits per heavy atom. The Balaban J connectivity index is 2.43. The fraction of sp³-hybridized carbons (Fsp3) is 0.286. The van der Waals surface area contributed by atoms with Crippen molar-refractivity contribution in [3.63, 3.8) is 0 Å². The lowest BCUT2D eigenvalue weighted by Crippen LogP contribution is -1.94. The van der Waals surface area contributed by atoms with Crippen LogP contribution in [0.2, 0.25) is 0 Å². The molecule has 1 aromatic heterocycles. The quantitative estimate of drug-likeness (QED) is 0.660. The Bertz CT molecular complexity index is 525. The monoisotopic (exact) mass is 312 g/mol. The van der Waals surface area contributed by atoms with Crippen LogP contribution < -0.4 is 0 Å². The summed E-state index contributed by atoms with van der Waals surface area (Å²) in [6, 6.07) is 7.34. The van der Waals surface area contributed by atoms with E-state index in [-0.39, 0.29) is 10.6 Å². The summed E-state index contributed by atoms with van der Waals surface area (Å²) in [6.07, 6.45) is 0. The van der Waals surface area contributed by atoms with Crippen molar-refractivity contribution in [1.29, 1.82) is 0 Å². The minimum absolute atomic E-state index is 0.0793. The SMILES string of the molecule is Cc1cc(F)cc(C(Br)c2sc(C)cc2C)c1. The molecule has 0 aliphatic rings. The number of rotatable bonds is 2. The molecule has 1 aromatic carbocycles. The molecular weight excluding hydrogens is 299 g/mol. The number of benzene rings is 1. The molecule has 1 unspecified atom stereocenters. The molecule has 2 aromatic rings. The average Bonchev–Trinajstić information content (AvgIpc) is 2.55. The highest BCUT2D eigenvalue weighted by Crippen LogP contribution is 2.38. The van der Waals surface area contributed by atoms with Crippen LogP contribution in [-0.2, 0) is 0 Å². The Morgan fingerprint density at radius 3 is 2.35 bits per heavy atom. The largest absolute Gasteiger partial charge is 0.207 e. The maximum absolute atomic E-state index is 13.4. The highest BCUT2D eigenvalue weighted by Gasteiger charge is 2.16. The molecule has 0 spiro atoms. The van der Waals surface area contributed by atoms with Gasteiger partial charge in [0.25, 0.3) is 0 Å². The van der Waals surface area contributed by atoms with Crippen LogP contribution in [0, 0.1) is 26.6 Å². The molecule has 1 heterocycles. The van der Waals surface area contributed by atoms with Crippen LogP contribution >= 0.6 is 27.3 Å². The molecule has 17 heavy (non-hydrogen) atoms. The smallest absolute Gasteiger partial charge is 0.123 e. The van der Waals surface area contributed by atoms with E-state index in [0.717, 1.165) is 11.1 Å². The first-order chi connectivity index (χ1) is 7.97. The highest BCUT2D eigenvalue weighted by molar-refractivity contribution is 9.09. The predicted molar refractivity (Wildman–Crippen MR) is 75.7 cm³/mol. The van der Waals surface area contributed by atoms with Crippen molar-refractivity contribution in [2.24, 2.45) is 0 Å². The second-order valence-electron chi connectivity index (χ2n) is 4.33. The molecule has 1 atom stereocenters. The third-order valence-electron chi connectivity index (χ3n) is 2.67. The normalized spacial score (nSPS) is 12.8. The van der Waals surface area contributed by atoms with Gasteiger partial charge in [0.1, 0.15) is 5.82 Å². The van der Waals surface area contributed by atoms with Gasteiger partial charge in [-0.25, -0.2) is 4.39 Å². The first-order valence-electron chi connectivity index (χ1n) is 5.45. The van der Waals surface area contributed by atoms with Gasteiger partial charge >= 0.3 is 0 Å². The van der Waals surface area contributed by atoms with E-state index in [9.17, 15) is 4.39 Å². The van der Waals surface area contributed by atoms with Crippen LogP contribution in [0.4, 0.5) is 4.39 Å². The summed E-state index contributed by atoms with van der Waals surface area (Å²) in [4.78, 5) is 2.62. The van der Waals surface area contributed by atoms with Gasteiger partial charge in [-0.3, -0.25) is 0 Å². The van der Waals surface area contributed by atoms with Crippen LogP contribution in [0.15, 0.2) is 24.3 Å². The van der Waals surface area contributed by atoms with Gasteiger partial charge in [0.2, 0.25) is 0 Å². The molecule has 3 heteroatoms. The fourth-order valence-electron chi connectivity index (χ4n) is 1.97. The van der Waals surface area contributed by atoms with Crippen molar-refractivity contribution in [3.8, 4) is 0 Å². The van der Waals surface area contributed by atoms with Crippen molar-refractivity contribution in [2.45, 2.75) is 25.6 Å². The van der Waals surface area contributed by atoms with Gasteiger partial charge in [-0.15, -0.1) is 11.3 Å². The number of alkyl halides is 1. The Hall–Kier alpha value is -0.670. The van der Waals surface area contributed by atoms with Crippen molar-refractivity contribution in [2.75, 3.05) is 0 Å². The first-order valence-corrected chi connectivity index (χ1v) is 7.18. The maximum atomic E-state index is 13.4. The summed E-state index contributed by atoms with van der Waals surface area (Å²) in [5, 5.41) is 0. The molecule has 0 nitrogen and oxygen atoms in total. The zero-order valence-electron chi connectivity index (χ0n) is 10.1. The molecule has 0 saturated carbocycles. The van der Waals surface area contributed by atoms with E-state index in [4.69, 9.17) is 0 Å². The molecule has 0 aliphatic carbocycles. The number of aryl methyl sites for hydroxylation is 3. The van der Waals surface area contributed by atoms with E-state index in [1.54, 1.807) is 23.5 Å². The van der Waals surface area contributed by atoms with Crippen LogP contribution in [0.1, 0.15) is 31.3 Å². The van der Waals surface area contributed by atoms with Gasteiger partial charge in [0.15, 0.2) is 0 Å². The van der Waals surface area contributed by atoms with Crippen LogP contribution in [0.5, 0.6) is 0 Å². The molecule has 2 rings (SSSR count). The highest BCUT2D eigenvalue weighted by atomic mass is 79.9. The van der Waals surface area contributed by atoms with E-state index in [2.05, 4.69) is 35.8 Å². The van der Waals surface area contributed by atoms with Gasteiger partial charge < -0.3 is 0 Å². The summed E-state index contributed by atoms with van der Waals surface area (Å²) in [5.74, 6) is -0.171. The zero-order valence-corrected chi connectivity index (χ0v) is 12.5. The van der Waals surface area contributed by atoms with Crippen molar-refractivity contribution >= 4 is 27.3 Å². The van der Waals surface area contributed by atoms with Gasteiger partial charge in [-0.1, -0.05) is 22.0 Å². The third-order valence-corrected chi connectivity index (χ3v) is 5.17. The number of thiophene rings is 1. The topological polar surface area (TPSA) is 0 Å². The third kappa shape index (κ3) is 2.78. The lowest BCUT2D eigenvalue weighted by molar-refractivity contribution is 0.624. The molecule has 0 bridgehead atoms. The van der Waals surface area contributed by atoms with Gasteiger partial charge in [-0.2, -0.15) is 0 Å². The minimum atomic E-state index is -0.171. The minimum Gasteiger partial charge on any atom is -0.207 e. The molecule has 0 saturated heterocycles. The number of hydrogen-bond acceptors (Lipinski definition) is 1. The first kappa shape index (κ1) is 12.8. The lowest BCUT2D eigenvalue weighted by Gasteiger charge is -2.11. The Morgan fingerprint density at radius 1 is 1.12 bits per heavy atom. The van der Waals surface area contributed by atoms with Gasteiger partial charge in [-0.05, 0) is 55.7 Å². The van der Waals surface area contributed by atoms with E-state index >= 15 is 0 Å². The second kappa shape index (κ2) is 4.91. The summed E-state index contributed by atoms with van der Waals surface area (Å²) in [5.41, 5.74) is 3.19. The summed E-state index contributed by atoms with van der Waals surface area (Å²) < 4.78 is 13.4. The summed E-state index contributed by atoms with van der Waals surface area (Å²) in [7, 11) is 0. The standard InChI is InChI=1S/C14H14BrFS/c1-8-4-11(7-12(16)5-8)13(15)14-9(2)6-10(3)17-14/h4-7,13H,1-3H3. The zero-order chi connectivity index (χ0) is 12.6. The Kier molecular flexibility index (Phi) is 3.69. The average molecular weight is 313 g/mol. The fourth-order valence-corrected chi connectivity index (χ4v) is 3.92. The molecule has 0 N–H and O–H groups in total. The van der Waals surface area contributed by atoms with E-state index in [0.29, 0.717) is 0 Å². The van der Waals surface area contributed by atoms with Crippen molar-refractivity contribution in [3.05, 3.63) is 56.5 Å². The molecule has 90 valence electrons. The molecule has 0 aliphatic heterocycles. The van der Waals surface area contributed by atoms with E-state index in [1.165, 1.54) is 15.3 Å². The molecule has 0 radical (unpaired) electrons. The van der Waals surface area contributed by atoms with Crippen LogP contribution in [0.25, 0.3) is 0 Å². The van der Waals surface area contributed by atoms with Gasteiger partial charge in [0.05, 0.1) is 4.83 Å². The molecular formula is C14H14BrFS. The van der Waals surface area contributed by atoms with E-state index in [1.807, 2.05) is 13.0 Å². The van der Waals surface area contributed by atoms with Crippen LogP contribution in [-0.4, -0.2) is 0 Å². The van der Waals surface area contributed by atoms with Gasteiger partial charge in [0, 0.05) is 9.75 Å². The van der Waals surface area contributed by atoms with E-state index < -0.39 is 0 Å².